The highest BCUT2D eigenvalue weighted by atomic mass is 15.4. The molecule has 0 bridgehead atoms. The standard InChI is InChI=1S/C9H12N2/c1-7-6-10-11-9-5-3-2-4-8(7)9/h2-5,7,10-11H,6H2,1H3. The average molecular weight is 148 g/mol. The second-order valence-corrected chi connectivity index (χ2v) is 2.99. The summed E-state index contributed by atoms with van der Waals surface area (Å²) in [4.78, 5) is 0. The molecule has 11 heavy (non-hydrogen) atoms. The van der Waals surface area contributed by atoms with E-state index < -0.39 is 0 Å². The summed E-state index contributed by atoms with van der Waals surface area (Å²) in [6, 6.07) is 8.40. The van der Waals surface area contributed by atoms with E-state index in [0.717, 1.165) is 6.54 Å². The normalized spacial score (nSPS) is 22.1. The summed E-state index contributed by atoms with van der Waals surface area (Å²) in [5, 5.41) is 0. The molecule has 1 aromatic rings. The Kier molecular flexibility index (Phi) is 1.55. The molecule has 1 aromatic carbocycles. The molecule has 0 spiro atoms. The van der Waals surface area contributed by atoms with Gasteiger partial charge in [0.1, 0.15) is 0 Å². The van der Waals surface area contributed by atoms with Gasteiger partial charge in [-0.25, -0.2) is 5.43 Å². The van der Waals surface area contributed by atoms with E-state index in [0.29, 0.717) is 5.92 Å². The first-order valence-corrected chi connectivity index (χ1v) is 3.96. The molecular weight excluding hydrogens is 136 g/mol. The molecule has 0 aliphatic carbocycles. The maximum absolute atomic E-state index is 3.14. The molecule has 0 radical (unpaired) electrons. The second kappa shape index (κ2) is 2.55. The second-order valence-electron chi connectivity index (χ2n) is 2.99. The van der Waals surface area contributed by atoms with E-state index in [1.807, 2.05) is 6.07 Å². The molecular formula is C9H12N2. The highest BCUT2D eigenvalue weighted by Crippen LogP contribution is 2.25. The lowest BCUT2D eigenvalue weighted by Gasteiger charge is -2.24. The number of rotatable bonds is 0. The zero-order valence-corrected chi connectivity index (χ0v) is 6.59. The highest BCUT2D eigenvalue weighted by Gasteiger charge is 2.13. The van der Waals surface area contributed by atoms with Gasteiger partial charge >= 0.3 is 0 Å². The van der Waals surface area contributed by atoms with Crippen molar-refractivity contribution >= 4 is 5.69 Å². The van der Waals surface area contributed by atoms with Gasteiger partial charge in [-0.2, -0.15) is 0 Å². The Morgan fingerprint density at radius 3 is 3.00 bits per heavy atom. The molecule has 0 amide bonds. The average Bonchev–Trinajstić information content (AvgIpc) is 2.06. The monoisotopic (exact) mass is 148 g/mol. The van der Waals surface area contributed by atoms with Crippen molar-refractivity contribution in [1.82, 2.24) is 5.43 Å². The first-order chi connectivity index (χ1) is 5.38. The van der Waals surface area contributed by atoms with Crippen LogP contribution in [0.25, 0.3) is 0 Å². The minimum atomic E-state index is 0.618. The van der Waals surface area contributed by atoms with Crippen LogP contribution in [-0.4, -0.2) is 6.54 Å². The predicted octanol–water partition coefficient (Wildman–Crippen LogP) is 1.72. The predicted molar refractivity (Wildman–Crippen MR) is 46.5 cm³/mol. The number of para-hydroxylation sites is 1. The van der Waals surface area contributed by atoms with Gasteiger partial charge in [-0.1, -0.05) is 25.1 Å². The van der Waals surface area contributed by atoms with Crippen molar-refractivity contribution < 1.29 is 0 Å². The lowest BCUT2D eigenvalue weighted by Crippen LogP contribution is -2.31. The molecule has 58 valence electrons. The molecule has 2 N–H and O–H groups in total. The molecule has 1 heterocycles. The first kappa shape index (κ1) is 6.68. The Morgan fingerprint density at radius 2 is 2.18 bits per heavy atom. The van der Waals surface area contributed by atoms with Gasteiger partial charge in [0, 0.05) is 6.54 Å². The molecule has 1 aliphatic heterocycles. The van der Waals surface area contributed by atoms with Crippen molar-refractivity contribution in [1.29, 1.82) is 0 Å². The van der Waals surface area contributed by atoms with Gasteiger partial charge in [0.15, 0.2) is 0 Å². The molecule has 1 unspecified atom stereocenters. The van der Waals surface area contributed by atoms with Gasteiger partial charge < -0.3 is 5.43 Å². The van der Waals surface area contributed by atoms with Gasteiger partial charge in [-0.15, -0.1) is 0 Å². The summed E-state index contributed by atoms with van der Waals surface area (Å²) in [6.07, 6.45) is 0. The van der Waals surface area contributed by atoms with Crippen LogP contribution in [-0.2, 0) is 0 Å². The maximum atomic E-state index is 3.14. The highest BCUT2D eigenvalue weighted by molar-refractivity contribution is 5.53. The zero-order valence-electron chi connectivity index (χ0n) is 6.59. The van der Waals surface area contributed by atoms with Crippen molar-refractivity contribution in [2.24, 2.45) is 0 Å². The number of nitrogens with one attached hydrogen (secondary N) is 2. The van der Waals surface area contributed by atoms with Crippen molar-refractivity contribution in [3.8, 4) is 0 Å². The molecule has 0 saturated heterocycles. The minimum Gasteiger partial charge on any atom is -0.321 e. The fraction of sp³-hybridized carbons (Fsp3) is 0.333. The van der Waals surface area contributed by atoms with Crippen molar-refractivity contribution in [2.75, 3.05) is 12.0 Å². The van der Waals surface area contributed by atoms with Gasteiger partial charge in [0.2, 0.25) is 0 Å². The fourth-order valence-electron chi connectivity index (χ4n) is 1.45. The number of hydrazine groups is 1. The van der Waals surface area contributed by atoms with Crippen LogP contribution in [0.1, 0.15) is 18.4 Å². The number of hydrogen-bond acceptors (Lipinski definition) is 2. The summed E-state index contributed by atoms with van der Waals surface area (Å²) < 4.78 is 0. The van der Waals surface area contributed by atoms with Crippen LogP contribution in [0.5, 0.6) is 0 Å². The van der Waals surface area contributed by atoms with Crippen molar-refractivity contribution in [3.05, 3.63) is 29.8 Å². The van der Waals surface area contributed by atoms with Crippen LogP contribution < -0.4 is 10.9 Å². The molecule has 0 saturated carbocycles. The fourth-order valence-corrected chi connectivity index (χ4v) is 1.45. The van der Waals surface area contributed by atoms with E-state index >= 15 is 0 Å². The molecule has 1 atom stereocenters. The molecule has 2 rings (SSSR count). The lowest BCUT2D eigenvalue weighted by atomic mass is 9.98. The van der Waals surface area contributed by atoms with Crippen molar-refractivity contribution in [3.63, 3.8) is 0 Å². The van der Waals surface area contributed by atoms with Crippen LogP contribution in [0.3, 0.4) is 0 Å². The topological polar surface area (TPSA) is 24.1 Å². The quantitative estimate of drug-likeness (QED) is 0.585. The minimum absolute atomic E-state index is 0.618. The summed E-state index contributed by atoms with van der Waals surface area (Å²) in [5.74, 6) is 0.618. The summed E-state index contributed by atoms with van der Waals surface area (Å²) >= 11 is 0. The van der Waals surface area contributed by atoms with E-state index in [2.05, 4.69) is 36.0 Å². The third kappa shape index (κ3) is 1.10. The van der Waals surface area contributed by atoms with E-state index in [4.69, 9.17) is 0 Å². The third-order valence-electron chi connectivity index (χ3n) is 2.12. The van der Waals surface area contributed by atoms with Gasteiger partial charge in [0.05, 0.1) is 5.69 Å². The van der Waals surface area contributed by atoms with Gasteiger partial charge in [0.25, 0.3) is 0 Å². The van der Waals surface area contributed by atoms with Gasteiger partial charge in [-0.3, -0.25) is 0 Å². The van der Waals surface area contributed by atoms with Crippen LogP contribution >= 0.6 is 0 Å². The summed E-state index contributed by atoms with van der Waals surface area (Å²) in [6.45, 7) is 3.24. The summed E-state index contributed by atoms with van der Waals surface area (Å²) in [7, 11) is 0. The number of anilines is 1. The van der Waals surface area contributed by atoms with Crippen LogP contribution in [0.2, 0.25) is 0 Å². The van der Waals surface area contributed by atoms with Crippen molar-refractivity contribution in [2.45, 2.75) is 12.8 Å². The van der Waals surface area contributed by atoms with Gasteiger partial charge in [-0.05, 0) is 17.5 Å². The van der Waals surface area contributed by atoms with E-state index in [-0.39, 0.29) is 0 Å². The lowest BCUT2D eigenvalue weighted by molar-refractivity contribution is 0.644. The number of hydrogen-bond donors (Lipinski definition) is 2. The zero-order chi connectivity index (χ0) is 7.68. The number of fused-ring (bicyclic) bond motifs is 1. The van der Waals surface area contributed by atoms with E-state index in [1.165, 1.54) is 11.3 Å². The van der Waals surface area contributed by atoms with E-state index in [1.54, 1.807) is 0 Å². The Hall–Kier alpha value is -1.02. The Morgan fingerprint density at radius 1 is 1.36 bits per heavy atom. The third-order valence-corrected chi connectivity index (χ3v) is 2.12. The molecule has 1 aliphatic rings. The molecule has 0 aromatic heterocycles. The molecule has 0 fully saturated rings. The smallest absolute Gasteiger partial charge is 0.0522 e. The first-order valence-electron chi connectivity index (χ1n) is 3.96. The molecule has 2 heteroatoms. The Balaban J connectivity index is 2.44. The Labute approximate surface area is 66.6 Å². The largest absolute Gasteiger partial charge is 0.321 e. The maximum Gasteiger partial charge on any atom is 0.0522 e. The van der Waals surface area contributed by atoms with Crippen LogP contribution in [0.15, 0.2) is 24.3 Å². The van der Waals surface area contributed by atoms with E-state index in [9.17, 15) is 0 Å². The Bertz CT molecular complexity index is 257. The van der Waals surface area contributed by atoms with Crippen LogP contribution in [0.4, 0.5) is 5.69 Å². The molecule has 2 nitrogen and oxygen atoms in total. The number of benzene rings is 1. The SMILES string of the molecule is CC1CNNc2ccccc21. The van der Waals surface area contributed by atoms with Crippen LogP contribution in [0, 0.1) is 0 Å². The summed E-state index contributed by atoms with van der Waals surface area (Å²) in [5.41, 5.74) is 8.91.